The predicted octanol–water partition coefficient (Wildman–Crippen LogP) is 11.3. The standard InChI is InChI=1S/C57H71N7O9S/c1-36(2)43-10-5-6-11-44(43)47-12-7-23-63(47)41-31-57(32-41)20-24-62(25-21-57)40-13-14-45(49(28-40)73-51-27-39-17-22-58-53(39)60-55(51)72-34-37-9-8-26-70-33-37)54(65)61-74(68,69)42-29-48(64(66)67)52-50(30-42)71-35-46(59-52)38-15-18-56(3,4)19-16-38/h5-6,10-11,13-14,17,22,27-30,36-38,41,46-47,59H,7-9,12,15-16,18-21,23-26,31-35H2,1-4H3,(H,58,60)(H,61,65)/t37-,46+,47+/m0/s1. The monoisotopic (exact) mass is 1030 g/mol. The number of hydrogen-bond donors (Lipinski definition) is 3. The Morgan fingerprint density at radius 3 is 2.50 bits per heavy atom. The Morgan fingerprint density at radius 1 is 0.946 bits per heavy atom. The second-order valence-corrected chi connectivity index (χ2v) is 24.9. The van der Waals surface area contributed by atoms with Crippen LogP contribution in [-0.2, 0) is 14.8 Å². The number of fused-ring (bicyclic) bond motifs is 2. The summed E-state index contributed by atoms with van der Waals surface area (Å²) in [4.78, 5) is 39.0. The van der Waals surface area contributed by atoms with Crippen LogP contribution in [0.25, 0.3) is 11.0 Å². The Kier molecular flexibility index (Phi) is 13.8. The minimum Gasteiger partial charge on any atom is -0.489 e. The van der Waals surface area contributed by atoms with Gasteiger partial charge in [-0.05, 0) is 142 Å². The summed E-state index contributed by atoms with van der Waals surface area (Å²) in [5.41, 5.74) is 4.52. The topological polar surface area (TPSA) is 190 Å². The van der Waals surface area contributed by atoms with Crippen molar-refractivity contribution in [2.24, 2.45) is 22.7 Å². The van der Waals surface area contributed by atoms with Crippen LogP contribution in [0.15, 0.2) is 77.8 Å². The van der Waals surface area contributed by atoms with Gasteiger partial charge in [-0.15, -0.1) is 0 Å². The third-order valence-corrected chi connectivity index (χ3v) is 18.7. The van der Waals surface area contributed by atoms with Gasteiger partial charge in [0.15, 0.2) is 17.2 Å². The molecule has 5 fully saturated rings. The number of carbonyl (C=O) groups is 1. The molecule has 3 atom stereocenters. The fourth-order valence-electron chi connectivity index (χ4n) is 12.9. The molecule has 6 aliphatic rings. The molecular formula is C57H71N7O9S. The number of hydrogen-bond acceptors (Lipinski definition) is 13. The first-order valence-electron chi connectivity index (χ1n) is 27.0. The number of ether oxygens (including phenoxy) is 4. The van der Waals surface area contributed by atoms with Crippen LogP contribution in [0.2, 0.25) is 0 Å². The molecule has 16 nitrogen and oxygen atoms in total. The highest BCUT2D eigenvalue weighted by Crippen LogP contribution is 2.55. The minimum absolute atomic E-state index is 0.0427. The lowest BCUT2D eigenvalue weighted by Gasteiger charge is -2.56. The SMILES string of the molecule is CC(C)c1ccccc1[C@H]1CCCN1C1CC2(CCN(c3ccc(C(=O)NS(=O)(=O)c4cc5c(c([N+](=O)[O-])c4)N[C@@H](C4CCC(C)(C)CC4)CO5)c(Oc4cc5cc[nH]c5nc4OC[C@H]4CCCOC4)c3)CC2)C1. The van der Waals surface area contributed by atoms with E-state index >= 15 is 0 Å². The van der Waals surface area contributed by atoms with Crippen LogP contribution in [-0.4, -0.2) is 92.3 Å². The van der Waals surface area contributed by atoms with Gasteiger partial charge in [-0.3, -0.25) is 19.8 Å². The van der Waals surface area contributed by atoms with E-state index in [2.05, 4.69) is 76.8 Å². The lowest BCUT2D eigenvalue weighted by Crippen LogP contribution is -2.54. The number of amides is 1. The molecule has 3 aromatic carbocycles. The Labute approximate surface area is 434 Å². The fraction of sp³-hybridized carbons (Fsp3) is 0.544. The first-order chi connectivity index (χ1) is 35.6. The summed E-state index contributed by atoms with van der Waals surface area (Å²) < 4.78 is 55.6. The summed E-state index contributed by atoms with van der Waals surface area (Å²) in [6, 6.07) is 21.0. The summed E-state index contributed by atoms with van der Waals surface area (Å²) in [6.07, 6.45) is 14.5. The summed E-state index contributed by atoms with van der Waals surface area (Å²) >= 11 is 0. The van der Waals surface area contributed by atoms with Gasteiger partial charge >= 0.3 is 0 Å². The second-order valence-electron chi connectivity index (χ2n) is 23.2. The molecule has 1 spiro atoms. The van der Waals surface area contributed by atoms with Crippen molar-refractivity contribution in [2.45, 2.75) is 134 Å². The quantitative estimate of drug-likeness (QED) is 0.0704. The number of benzene rings is 3. The summed E-state index contributed by atoms with van der Waals surface area (Å²) in [5, 5.41) is 16.7. The number of rotatable bonds is 14. The minimum atomic E-state index is -4.69. The zero-order valence-electron chi connectivity index (χ0n) is 43.2. The van der Waals surface area contributed by atoms with Crippen LogP contribution in [0.4, 0.5) is 17.1 Å². The maximum absolute atomic E-state index is 14.5. The molecule has 3 saturated heterocycles. The van der Waals surface area contributed by atoms with Crippen molar-refractivity contribution in [2.75, 3.05) is 56.3 Å². The lowest BCUT2D eigenvalue weighted by atomic mass is 9.59. The number of nitrogens with zero attached hydrogens (tertiary/aromatic N) is 4. The second kappa shape index (κ2) is 20.3. The molecule has 74 heavy (non-hydrogen) atoms. The number of H-pyrrole nitrogens is 1. The number of nitro groups is 1. The van der Waals surface area contributed by atoms with Gasteiger partial charge in [0.2, 0.25) is 0 Å². The molecule has 17 heteroatoms. The van der Waals surface area contributed by atoms with Crippen molar-refractivity contribution in [3.8, 4) is 23.1 Å². The first kappa shape index (κ1) is 50.3. The largest absolute Gasteiger partial charge is 0.489 e. The normalized spacial score (nSPS) is 23.2. The molecule has 0 radical (unpaired) electrons. The number of likely N-dealkylation sites (tertiary alicyclic amines) is 1. The molecule has 0 bridgehead atoms. The van der Waals surface area contributed by atoms with Crippen LogP contribution < -0.4 is 29.1 Å². The number of aromatic nitrogens is 2. The van der Waals surface area contributed by atoms with Crippen molar-refractivity contribution >= 4 is 44.0 Å². The molecule has 2 saturated carbocycles. The Hall–Kier alpha value is -5.91. The van der Waals surface area contributed by atoms with Crippen LogP contribution in [0.5, 0.6) is 23.1 Å². The van der Waals surface area contributed by atoms with Crippen LogP contribution in [0, 0.1) is 32.8 Å². The number of nitro benzene ring substituents is 1. The molecule has 0 unspecified atom stereocenters. The van der Waals surface area contributed by atoms with Gasteiger partial charge in [-0.25, -0.2) is 13.1 Å². The number of nitrogens with one attached hydrogen (secondary N) is 3. The van der Waals surface area contributed by atoms with Gasteiger partial charge < -0.3 is 34.1 Å². The van der Waals surface area contributed by atoms with Gasteiger partial charge in [-0.1, -0.05) is 52.0 Å². The highest BCUT2D eigenvalue weighted by atomic mass is 32.2. The van der Waals surface area contributed by atoms with E-state index in [0.29, 0.717) is 43.5 Å². The van der Waals surface area contributed by atoms with E-state index in [1.54, 1.807) is 24.4 Å². The van der Waals surface area contributed by atoms with Gasteiger partial charge in [0.25, 0.3) is 27.5 Å². The average Bonchev–Trinajstić information content (AvgIpc) is 4.07. The summed E-state index contributed by atoms with van der Waals surface area (Å²) in [5.74, 6) is 0.533. The van der Waals surface area contributed by atoms with Crippen molar-refractivity contribution in [1.82, 2.24) is 19.6 Å². The van der Waals surface area contributed by atoms with Crippen LogP contribution in [0.1, 0.15) is 138 Å². The summed E-state index contributed by atoms with van der Waals surface area (Å²) in [7, 11) is -4.69. The molecule has 2 aliphatic carbocycles. The maximum Gasteiger partial charge on any atom is 0.297 e. The van der Waals surface area contributed by atoms with E-state index in [4.69, 9.17) is 23.9 Å². The summed E-state index contributed by atoms with van der Waals surface area (Å²) in [6.45, 7) is 13.7. The maximum atomic E-state index is 14.5. The van der Waals surface area contributed by atoms with Gasteiger partial charge in [0.05, 0.1) is 34.6 Å². The first-order valence-corrected chi connectivity index (χ1v) is 28.5. The highest BCUT2D eigenvalue weighted by Gasteiger charge is 2.50. The molecule has 11 rings (SSSR count). The molecular weight excluding hydrogens is 959 g/mol. The molecule has 394 valence electrons. The zero-order valence-corrected chi connectivity index (χ0v) is 44.0. The van der Waals surface area contributed by atoms with E-state index in [-0.39, 0.29) is 69.7 Å². The third kappa shape index (κ3) is 10.3. The zero-order chi connectivity index (χ0) is 51.4. The Balaban J connectivity index is 0.843. The van der Waals surface area contributed by atoms with Crippen molar-refractivity contribution < 1.29 is 37.1 Å². The number of sulfonamides is 1. The third-order valence-electron chi connectivity index (χ3n) is 17.4. The Morgan fingerprint density at radius 2 is 1.74 bits per heavy atom. The average molecular weight is 1030 g/mol. The molecule has 5 aromatic rings. The van der Waals surface area contributed by atoms with Crippen LogP contribution in [0.3, 0.4) is 0 Å². The van der Waals surface area contributed by atoms with Crippen molar-refractivity contribution in [3.63, 3.8) is 0 Å². The number of aromatic amines is 1. The molecule has 3 N–H and O–H groups in total. The van der Waals surface area contributed by atoms with Gasteiger partial charge in [0, 0.05) is 73.2 Å². The van der Waals surface area contributed by atoms with Gasteiger partial charge in [0.1, 0.15) is 18.0 Å². The lowest BCUT2D eigenvalue weighted by molar-refractivity contribution is -0.384. The fourth-order valence-corrected chi connectivity index (χ4v) is 13.9. The number of carbonyl (C=O) groups excluding carboxylic acids is 1. The molecule has 6 heterocycles. The predicted molar refractivity (Wildman–Crippen MR) is 284 cm³/mol. The van der Waals surface area contributed by atoms with Crippen molar-refractivity contribution in [1.29, 1.82) is 0 Å². The number of anilines is 2. The number of piperidine rings is 1. The smallest absolute Gasteiger partial charge is 0.297 e. The Bertz CT molecular complexity index is 3000. The highest BCUT2D eigenvalue weighted by molar-refractivity contribution is 7.90. The van der Waals surface area contributed by atoms with E-state index in [0.717, 1.165) is 88.1 Å². The van der Waals surface area contributed by atoms with E-state index in [9.17, 15) is 23.3 Å². The van der Waals surface area contributed by atoms with Gasteiger partial charge in [-0.2, -0.15) is 4.98 Å². The molecule has 2 aromatic heterocycles. The van der Waals surface area contributed by atoms with E-state index in [1.807, 2.05) is 12.1 Å². The van der Waals surface area contributed by atoms with E-state index in [1.165, 1.54) is 42.9 Å². The molecule has 1 amide bonds. The number of pyridine rings is 1. The van der Waals surface area contributed by atoms with Crippen LogP contribution >= 0.6 is 0 Å². The van der Waals surface area contributed by atoms with E-state index < -0.39 is 31.4 Å². The van der Waals surface area contributed by atoms with Crippen molar-refractivity contribution in [3.05, 3.63) is 99.7 Å². The molecule has 4 aliphatic heterocycles.